The van der Waals surface area contributed by atoms with E-state index >= 15 is 0 Å². The number of carboxylic acids is 1. The van der Waals surface area contributed by atoms with E-state index in [0.29, 0.717) is 24.2 Å². The number of anilines is 2. The summed E-state index contributed by atoms with van der Waals surface area (Å²) in [6, 6.07) is 10.2. The molecule has 37 heavy (non-hydrogen) atoms. The van der Waals surface area contributed by atoms with E-state index in [9.17, 15) is 19.5 Å². The highest BCUT2D eigenvalue weighted by atomic mass is 16.4. The Morgan fingerprint density at radius 3 is 2.84 bits per heavy atom. The Morgan fingerprint density at radius 1 is 1.22 bits per heavy atom. The Labute approximate surface area is 215 Å². The molecule has 0 aromatic carbocycles. The molecule has 1 aliphatic rings. The van der Waals surface area contributed by atoms with Gasteiger partial charge < -0.3 is 25.6 Å². The largest absolute Gasteiger partial charge is 0.481 e. The van der Waals surface area contributed by atoms with Gasteiger partial charge in [0.15, 0.2) is 0 Å². The van der Waals surface area contributed by atoms with E-state index in [2.05, 4.69) is 32.0 Å². The Bertz CT molecular complexity index is 1310. The van der Waals surface area contributed by atoms with Gasteiger partial charge in [0.1, 0.15) is 18.1 Å². The van der Waals surface area contributed by atoms with Gasteiger partial charge in [-0.2, -0.15) is 0 Å². The van der Waals surface area contributed by atoms with E-state index in [1.54, 1.807) is 24.4 Å². The van der Waals surface area contributed by atoms with Crippen molar-refractivity contribution in [3.8, 4) is 0 Å². The summed E-state index contributed by atoms with van der Waals surface area (Å²) in [6.45, 7) is 3.05. The molecular weight excluding hydrogens is 472 g/mol. The monoisotopic (exact) mass is 504 g/mol. The number of carbonyl (C=O) groups is 2. The van der Waals surface area contributed by atoms with E-state index < -0.39 is 17.9 Å². The predicted molar refractivity (Wildman–Crippen MR) is 140 cm³/mol. The van der Waals surface area contributed by atoms with Crippen molar-refractivity contribution in [1.82, 2.24) is 19.9 Å². The highest BCUT2D eigenvalue weighted by molar-refractivity contribution is 5.77. The van der Waals surface area contributed by atoms with Crippen LogP contribution in [0.3, 0.4) is 0 Å². The molecule has 10 nitrogen and oxygen atoms in total. The van der Waals surface area contributed by atoms with Crippen molar-refractivity contribution < 1.29 is 14.7 Å². The Kier molecular flexibility index (Phi) is 8.50. The number of hydrogen-bond donors (Lipinski definition) is 4. The number of aromatic nitrogens is 3. The topological polar surface area (TPSA) is 138 Å². The quantitative estimate of drug-likeness (QED) is 0.313. The lowest BCUT2D eigenvalue weighted by molar-refractivity contribution is -0.137. The van der Waals surface area contributed by atoms with Crippen LogP contribution in [0.5, 0.6) is 0 Å². The first-order valence-corrected chi connectivity index (χ1v) is 12.5. The molecule has 0 unspecified atom stereocenters. The molecule has 0 saturated carbocycles. The van der Waals surface area contributed by atoms with Gasteiger partial charge in [0.2, 0.25) is 5.91 Å². The average molecular weight is 505 g/mol. The van der Waals surface area contributed by atoms with Crippen LogP contribution in [-0.2, 0) is 35.5 Å². The molecule has 194 valence electrons. The first-order chi connectivity index (χ1) is 17.9. The molecule has 0 spiro atoms. The second kappa shape index (κ2) is 12.2. The fourth-order valence-corrected chi connectivity index (χ4v) is 4.44. The second-order valence-corrected chi connectivity index (χ2v) is 9.08. The van der Waals surface area contributed by atoms with E-state index in [4.69, 9.17) is 0 Å². The van der Waals surface area contributed by atoms with Gasteiger partial charge in [-0.15, -0.1) is 0 Å². The van der Waals surface area contributed by atoms with Crippen molar-refractivity contribution in [2.24, 2.45) is 0 Å². The molecule has 0 fully saturated rings. The number of carbonyl (C=O) groups excluding carboxylic acids is 1. The van der Waals surface area contributed by atoms with Gasteiger partial charge in [-0.3, -0.25) is 19.4 Å². The van der Waals surface area contributed by atoms with Crippen LogP contribution in [-0.4, -0.2) is 38.1 Å². The SMILES string of the molecule is CCCc1ccc(NCc2ccc3c(n2)NCCC3)c(=O)n1CC(=O)N[C@@H](CC(=O)O)c1cccnc1. The number of aryl methyl sites for hydroxylation is 2. The van der Waals surface area contributed by atoms with Crippen LogP contribution in [0.25, 0.3) is 0 Å². The minimum Gasteiger partial charge on any atom is -0.481 e. The molecule has 1 amide bonds. The van der Waals surface area contributed by atoms with E-state index in [0.717, 1.165) is 43.0 Å². The molecule has 10 heteroatoms. The predicted octanol–water partition coefficient (Wildman–Crippen LogP) is 2.89. The Morgan fingerprint density at radius 2 is 2.08 bits per heavy atom. The molecule has 0 saturated heterocycles. The lowest BCUT2D eigenvalue weighted by Crippen LogP contribution is -2.37. The van der Waals surface area contributed by atoms with Crippen molar-refractivity contribution in [3.63, 3.8) is 0 Å². The van der Waals surface area contributed by atoms with Gasteiger partial charge in [-0.1, -0.05) is 25.5 Å². The first-order valence-electron chi connectivity index (χ1n) is 12.5. The molecule has 4 heterocycles. The average Bonchev–Trinajstić information content (AvgIpc) is 2.90. The van der Waals surface area contributed by atoms with Crippen molar-refractivity contribution in [2.75, 3.05) is 17.2 Å². The van der Waals surface area contributed by atoms with Crippen molar-refractivity contribution in [1.29, 1.82) is 0 Å². The van der Waals surface area contributed by atoms with Crippen LogP contribution in [0.4, 0.5) is 11.5 Å². The maximum atomic E-state index is 13.4. The van der Waals surface area contributed by atoms with Gasteiger partial charge in [-0.25, -0.2) is 4.98 Å². The molecule has 4 rings (SSSR count). The van der Waals surface area contributed by atoms with E-state index in [1.807, 2.05) is 19.1 Å². The summed E-state index contributed by atoms with van der Waals surface area (Å²) >= 11 is 0. The van der Waals surface area contributed by atoms with Crippen molar-refractivity contribution in [2.45, 2.75) is 58.2 Å². The molecule has 1 aliphatic heterocycles. The molecule has 0 aliphatic carbocycles. The summed E-state index contributed by atoms with van der Waals surface area (Å²) in [5.41, 5.74) is 3.38. The van der Waals surface area contributed by atoms with Crippen LogP contribution in [0.2, 0.25) is 0 Å². The zero-order valence-corrected chi connectivity index (χ0v) is 20.9. The standard InChI is InChI=1S/C27H32N6O4/c1-2-5-21-10-11-22(30-16-20-9-8-18-6-4-13-29-26(18)31-20)27(37)33(21)17-24(34)32-23(14-25(35)36)19-7-3-12-28-15-19/h3,7-12,15,23,30H,2,4-6,13-14,16-17H2,1H3,(H,29,31)(H,32,34)(H,35,36)/t23-/m0/s1. The van der Waals surface area contributed by atoms with Gasteiger partial charge >= 0.3 is 5.97 Å². The van der Waals surface area contributed by atoms with Gasteiger partial charge in [0, 0.05) is 24.6 Å². The lowest BCUT2D eigenvalue weighted by Gasteiger charge is -2.20. The molecule has 0 radical (unpaired) electrons. The third-order valence-corrected chi connectivity index (χ3v) is 6.29. The Balaban J connectivity index is 1.51. The molecule has 3 aromatic rings. The number of carboxylic acid groups (broad SMARTS) is 1. The summed E-state index contributed by atoms with van der Waals surface area (Å²) in [5, 5.41) is 18.6. The highest BCUT2D eigenvalue weighted by Gasteiger charge is 2.20. The maximum absolute atomic E-state index is 13.4. The second-order valence-electron chi connectivity index (χ2n) is 9.08. The van der Waals surface area contributed by atoms with Gasteiger partial charge in [-0.05, 0) is 54.7 Å². The highest BCUT2D eigenvalue weighted by Crippen LogP contribution is 2.20. The number of rotatable bonds is 11. The summed E-state index contributed by atoms with van der Waals surface area (Å²) in [5.74, 6) is -0.605. The fourth-order valence-electron chi connectivity index (χ4n) is 4.44. The van der Waals surface area contributed by atoms with Crippen LogP contribution >= 0.6 is 0 Å². The zero-order chi connectivity index (χ0) is 26.2. The summed E-state index contributed by atoms with van der Waals surface area (Å²) in [6.07, 6.45) is 6.33. The normalized spacial score (nSPS) is 13.2. The van der Waals surface area contributed by atoms with E-state index in [1.165, 1.54) is 16.3 Å². The number of aliphatic carboxylic acids is 1. The van der Waals surface area contributed by atoms with Crippen molar-refractivity contribution in [3.05, 3.63) is 81.7 Å². The van der Waals surface area contributed by atoms with Crippen LogP contribution in [0, 0.1) is 0 Å². The summed E-state index contributed by atoms with van der Waals surface area (Å²) < 4.78 is 1.45. The minimum absolute atomic E-state index is 0.221. The third-order valence-electron chi connectivity index (χ3n) is 6.29. The van der Waals surface area contributed by atoms with Crippen LogP contribution in [0.1, 0.15) is 54.7 Å². The van der Waals surface area contributed by atoms with Gasteiger partial charge in [0.05, 0.1) is 24.7 Å². The lowest BCUT2D eigenvalue weighted by atomic mass is 10.1. The number of nitrogens with zero attached hydrogens (tertiary/aromatic N) is 3. The molecule has 1 atom stereocenters. The fraction of sp³-hybridized carbons (Fsp3) is 0.370. The molecule has 4 N–H and O–H groups in total. The first kappa shape index (κ1) is 25.9. The number of pyridine rings is 3. The summed E-state index contributed by atoms with van der Waals surface area (Å²) in [7, 11) is 0. The number of amides is 1. The smallest absolute Gasteiger partial charge is 0.305 e. The molecule has 0 bridgehead atoms. The van der Waals surface area contributed by atoms with Crippen molar-refractivity contribution >= 4 is 23.4 Å². The molecular formula is C27H32N6O4. The number of hydrogen-bond acceptors (Lipinski definition) is 7. The minimum atomic E-state index is -1.05. The maximum Gasteiger partial charge on any atom is 0.305 e. The van der Waals surface area contributed by atoms with Crippen LogP contribution < -0.4 is 21.5 Å². The Hall–Kier alpha value is -4.21. The van der Waals surface area contributed by atoms with E-state index in [-0.39, 0.29) is 18.5 Å². The molecule has 3 aromatic heterocycles. The van der Waals surface area contributed by atoms with Crippen LogP contribution in [0.15, 0.2) is 53.6 Å². The number of nitrogens with one attached hydrogen (secondary N) is 3. The zero-order valence-electron chi connectivity index (χ0n) is 20.9. The van der Waals surface area contributed by atoms with Gasteiger partial charge in [0.25, 0.3) is 5.56 Å². The number of fused-ring (bicyclic) bond motifs is 1. The summed E-state index contributed by atoms with van der Waals surface area (Å²) in [4.78, 5) is 46.4. The third kappa shape index (κ3) is 6.72.